The van der Waals surface area contributed by atoms with E-state index in [2.05, 4.69) is 11.1 Å². The highest BCUT2D eigenvalue weighted by atomic mass is 16.1. The van der Waals surface area contributed by atoms with Gasteiger partial charge in [0.2, 0.25) is 6.41 Å². The molecule has 0 aliphatic carbocycles. The molecule has 0 atom stereocenters. The van der Waals surface area contributed by atoms with Gasteiger partial charge in [0.15, 0.2) is 0 Å². The highest BCUT2D eigenvalue weighted by Crippen LogP contribution is 0.981. The Hall–Kier alpha value is -0.570. The maximum absolute atomic E-state index is 8.58. The topological polar surface area (TPSA) is 55.1 Å². The van der Waals surface area contributed by atoms with E-state index < -0.39 is 0 Å². The lowest BCUT2D eigenvalue weighted by atomic mass is 11.3. The molecule has 0 rings (SSSR count). The third-order valence-corrected chi connectivity index (χ3v) is 0. The average Bonchev–Trinajstić information content (AvgIpc) is 1.39. The van der Waals surface area contributed by atoms with Gasteiger partial charge in [-0.1, -0.05) is 0 Å². The Labute approximate surface area is 37.5 Å². The summed E-state index contributed by atoms with van der Waals surface area (Å²) >= 11 is 0. The van der Waals surface area contributed by atoms with E-state index in [1.165, 1.54) is 0 Å². The number of hydrogen-bond acceptors (Lipinski definition) is 2. The first-order chi connectivity index (χ1) is 2.83. The summed E-state index contributed by atoms with van der Waals surface area (Å²) in [4.78, 5) is 8.58. The van der Waals surface area contributed by atoms with E-state index in [-0.39, 0.29) is 6.41 Å². The molecule has 38 valence electrons. The molecule has 0 aromatic rings. The summed E-state index contributed by atoms with van der Waals surface area (Å²) in [6.45, 7) is 0. The highest BCUT2D eigenvalue weighted by Gasteiger charge is 1.25. The molecule has 0 saturated heterocycles. The maximum atomic E-state index is 8.58. The molecule has 1 amide bonds. The first-order valence-corrected chi connectivity index (χ1v) is 1.57. The lowest BCUT2D eigenvalue weighted by molar-refractivity contribution is -0.106. The summed E-state index contributed by atoms with van der Waals surface area (Å²) in [7, 11) is 3.75. The number of nitrogens with one attached hydrogen (secondary N) is 1. The molecule has 0 spiro atoms. The van der Waals surface area contributed by atoms with Gasteiger partial charge < -0.3 is 11.1 Å². The van der Waals surface area contributed by atoms with Crippen LogP contribution in [0.2, 0.25) is 0 Å². The van der Waals surface area contributed by atoms with Crippen LogP contribution in [-0.2, 0) is 4.79 Å². The van der Waals surface area contributed by atoms with Gasteiger partial charge in [-0.15, -0.1) is 0 Å². The van der Waals surface area contributed by atoms with Gasteiger partial charge >= 0.3 is 0 Å². The van der Waals surface area contributed by atoms with Crippen LogP contribution in [0.3, 0.4) is 0 Å². The summed E-state index contributed by atoms with van der Waals surface area (Å²) in [5.74, 6) is 0. The number of nitrogens with two attached hydrogens (primary N) is 1. The summed E-state index contributed by atoms with van der Waals surface area (Å²) in [6.07, 6.45) is 0.250. The lowest BCUT2D eigenvalue weighted by Gasteiger charge is -1.59. The fourth-order valence-corrected chi connectivity index (χ4v) is 0. The summed E-state index contributed by atoms with van der Waals surface area (Å²) in [5, 5.41) is 2.75. The second-order valence-electron chi connectivity index (χ2n) is 0.636. The molecule has 3 heteroatoms. The number of carbonyl (C=O) groups is 1. The Balaban J connectivity index is 0. The van der Waals surface area contributed by atoms with Crippen molar-refractivity contribution in [2.45, 2.75) is 0 Å². The third kappa shape index (κ3) is 62.3. The van der Waals surface area contributed by atoms with Gasteiger partial charge in [0.1, 0.15) is 0 Å². The van der Waals surface area contributed by atoms with Crippen LogP contribution < -0.4 is 11.1 Å². The number of carbonyl (C=O) groups excluding carboxylic acids is 1. The van der Waals surface area contributed by atoms with E-state index in [0.29, 0.717) is 0 Å². The van der Waals surface area contributed by atoms with Gasteiger partial charge in [0.25, 0.3) is 0 Å². The van der Waals surface area contributed by atoms with Crippen molar-refractivity contribution >= 4 is 6.41 Å². The standard InChI is InChI=1S/C2H7N.CH3NO/c1-3-2;2-1-3/h3H,1-2H3;1H,(H2,2,3). The molecule has 6 heavy (non-hydrogen) atoms. The van der Waals surface area contributed by atoms with Crippen LogP contribution in [0.1, 0.15) is 0 Å². The molecule has 0 bridgehead atoms. The number of amides is 1. The minimum Gasteiger partial charge on any atom is -0.372 e. The van der Waals surface area contributed by atoms with Crippen molar-refractivity contribution in [2.24, 2.45) is 5.73 Å². The maximum Gasteiger partial charge on any atom is 0.204 e. The molecule has 3 nitrogen and oxygen atoms in total. The van der Waals surface area contributed by atoms with Gasteiger partial charge in [-0.25, -0.2) is 0 Å². The molecular formula is C3H10N2O. The van der Waals surface area contributed by atoms with Crippen LogP contribution >= 0.6 is 0 Å². The quantitative estimate of drug-likeness (QED) is 0.372. The van der Waals surface area contributed by atoms with Crippen molar-refractivity contribution in [3.05, 3.63) is 0 Å². The fraction of sp³-hybridized carbons (Fsp3) is 0.667. The Kier molecular flexibility index (Phi) is 38.5. The molecule has 0 unspecified atom stereocenters. The zero-order valence-corrected chi connectivity index (χ0v) is 4.06. The van der Waals surface area contributed by atoms with Crippen LogP contribution in [0.15, 0.2) is 0 Å². The highest BCUT2D eigenvalue weighted by molar-refractivity contribution is 5.42. The summed E-state index contributed by atoms with van der Waals surface area (Å²) in [6, 6.07) is 0. The summed E-state index contributed by atoms with van der Waals surface area (Å²) < 4.78 is 0. The average molecular weight is 90.1 g/mol. The van der Waals surface area contributed by atoms with Crippen molar-refractivity contribution in [1.29, 1.82) is 0 Å². The second kappa shape index (κ2) is 25.5. The van der Waals surface area contributed by atoms with Crippen molar-refractivity contribution in [3.63, 3.8) is 0 Å². The predicted octanol–water partition coefficient (Wildman–Crippen LogP) is -1.06. The van der Waals surface area contributed by atoms with Crippen LogP contribution in [-0.4, -0.2) is 20.5 Å². The Morgan fingerprint density at radius 1 is 1.67 bits per heavy atom. The molecule has 0 heterocycles. The molecule has 0 radical (unpaired) electrons. The molecule has 0 fully saturated rings. The van der Waals surface area contributed by atoms with Gasteiger partial charge in [-0.05, 0) is 14.1 Å². The first kappa shape index (κ1) is 9.06. The van der Waals surface area contributed by atoms with E-state index in [0.717, 1.165) is 0 Å². The van der Waals surface area contributed by atoms with Gasteiger partial charge in [-0.2, -0.15) is 0 Å². The van der Waals surface area contributed by atoms with Crippen LogP contribution in [0.4, 0.5) is 0 Å². The van der Waals surface area contributed by atoms with E-state index >= 15 is 0 Å². The van der Waals surface area contributed by atoms with Crippen molar-refractivity contribution in [3.8, 4) is 0 Å². The van der Waals surface area contributed by atoms with Crippen molar-refractivity contribution in [1.82, 2.24) is 5.32 Å². The Morgan fingerprint density at radius 2 is 1.67 bits per heavy atom. The largest absolute Gasteiger partial charge is 0.372 e. The minimum atomic E-state index is 0.250. The minimum absolute atomic E-state index is 0.250. The van der Waals surface area contributed by atoms with Crippen LogP contribution in [0.5, 0.6) is 0 Å². The monoisotopic (exact) mass is 90.1 g/mol. The Bertz CT molecular complexity index is 22.8. The van der Waals surface area contributed by atoms with E-state index in [4.69, 9.17) is 4.79 Å². The lowest BCUT2D eigenvalue weighted by Crippen LogP contribution is -1.89. The second-order valence-corrected chi connectivity index (χ2v) is 0.636. The van der Waals surface area contributed by atoms with E-state index in [9.17, 15) is 0 Å². The van der Waals surface area contributed by atoms with Gasteiger partial charge in [-0.3, -0.25) is 4.79 Å². The molecule has 0 saturated carbocycles. The fourth-order valence-electron chi connectivity index (χ4n) is 0. The zero-order chi connectivity index (χ0) is 5.41. The van der Waals surface area contributed by atoms with E-state index in [1.54, 1.807) is 0 Å². The van der Waals surface area contributed by atoms with Crippen LogP contribution in [0, 0.1) is 0 Å². The number of rotatable bonds is 0. The summed E-state index contributed by atoms with van der Waals surface area (Å²) in [5.41, 5.74) is 4.17. The normalized spacial score (nSPS) is 5.00. The Morgan fingerprint density at radius 3 is 1.67 bits per heavy atom. The van der Waals surface area contributed by atoms with Crippen LogP contribution in [0.25, 0.3) is 0 Å². The molecule has 3 N–H and O–H groups in total. The number of hydrogen-bond donors (Lipinski definition) is 2. The smallest absolute Gasteiger partial charge is 0.204 e. The molecule has 0 aromatic heterocycles. The zero-order valence-electron chi connectivity index (χ0n) is 4.06. The van der Waals surface area contributed by atoms with Gasteiger partial charge in [0, 0.05) is 0 Å². The van der Waals surface area contributed by atoms with Crippen molar-refractivity contribution in [2.75, 3.05) is 14.1 Å². The van der Waals surface area contributed by atoms with Gasteiger partial charge in [0.05, 0.1) is 0 Å². The third-order valence-electron chi connectivity index (χ3n) is 0. The molecule has 0 aliphatic rings. The first-order valence-electron chi connectivity index (χ1n) is 1.57. The predicted molar refractivity (Wildman–Crippen MR) is 25.2 cm³/mol. The van der Waals surface area contributed by atoms with E-state index in [1.807, 2.05) is 14.1 Å². The molecular weight excluding hydrogens is 80.0 g/mol. The molecule has 0 aromatic carbocycles. The SMILES string of the molecule is CNC.NC=O. The van der Waals surface area contributed by atoms with Crippen molar-refractivity contribution < 1.29 is 4.79 Å². The number of primary amides is 1. The molecule has 0 aliphatic heterocycles.